The van der Waals surface area contributed by atoms with E-state index in [4.69, 9.17) is 4.74 Å². The van der Waals surface area contributed by atoms with Crippen LogP contribution in [0.2, 0.25) is 0 Å². The predicted molar refractivity (Wildman–Crippen MR) is 119 cm³/mol. The molecule has 2 saturated heterocycles. The highest BCUT2D eigenvalue weighted by molar-refractivity contribution is 5.94. The Morgan fingerprint density at radius 3 is 2.20 bits per heavy atom. The maximum atomic E-state index is 12.7. The molecule has 0 radical (unpaired) electrons. The van der Waals surface area contributed by atoms with Gasteiger partial charge in [0.25, 0.3) is 5.91 Å². The normalized spacial score (nSPS) is 18.3. The monoisotopic (exact) mass is 407 g/mol. The van der Waals surface area contributed by atoms with Crippen LogP contribution in [0.3, 0.4) is 0 Å². The first kappa shape index (κ1) is 21.0. The van der Waals surface area contributed by atoms with E-state index in [0.29, 0.717) is 12.1 Å². The molecule has 2 aromatic rings. The summed E-state index contributed by atoms with van der Waals surface area (Å²) in [6.07, 6.45) is 3.93. The van der Waals surface area contributed by atoms with Crippen molar-refractivity contribution in [1.29, 1.82) is 0 Å². The molecular formula is C25H33N3O2. The Morgan fingerprint density at radius 2 is 1.47 bits per heavy atom. The van der Waals surface area contributed by atoms with Crippen molar-refractivity contribution in [2.24, 2.45) is 0 Å². The second-order valence-electron chi connectivity index (χ2n) is 8.37. The molecule has 1 N–H and O–H groups in total. The van der Waals surface area contributed by atoms with Gasteiger partial charge in [0.15, 0.2) is 0 Å². The summed E-state index contributed by atoms with van der Waals surface area (Å²) in [6.45, 7) is 8.36. The van der Waals surface area contributed by atoms with Crippen molar-refractivity contribution in [3.63, 3.8) is 0 Å². The van der Waals surface area contributed by atoms with Crippen LogP contribution in [0.15, 0.2) is 48.5 Å². The number of carbonyl (C=O) groups is 1. The van der Waals surface area contributed by atoms with E-state index in [1.165, 1.54) is 49.0 Å². The number of carbonyl (C=O) groups excluding carboxylic acids is 1. The molecule has 1 amide bonds. The van der Waals surface area contributed by atoms with Gasteiger partial charge in [-0.05, 0) is 54.8 Å². The summed E-state index contributed by atoms with van der Waals surface area (Å²) in [6, 6.07) is 16.5. The minimum absolute atomic E-state index is 0.0132. The number of hydrogen-bond donors (Lipinski definition) is 1. The number of likely N-dealkylation sites (tertiary alicyclic amines) is 1. The Bertz CT molecular complexity index is 809. The van der Waals surface area contributed by atoms with Gasteiger partial charge in [0.2, 0.25) is 0 Å². The van der Waals surface area contributed by atoms with Gasteiger partial charge in [0.05, 0.1) is 13.2 Å². The third-order valence-electron chi connectivity index (χ3n) is 6.13. The van der Waals surface area contributed by atoms with E-state index >= 15 is 0 Å². The van der Waals surface area contributed by atoms with Crippen LogP contribution in [0.1, 0.15) is 46.3 Å². The van der Waals surface area contributed by atoms with Gasteiger partial charge < -0.3 is 10.1 Å². The van der Waals surface area contributed by atoms with Crippen LogP contribution in [-0.2, 0) is 24.4 Å². The topological polar surface area (TPSA) is 44.8 Å². The molecule has 2 fully saturated rings. The van der Waals surface area contributed by atoms with Crippen LogP contribution in [0.4, 0.5) is 0 Å². The number of benzene rings is 2. The molecule has 30 heavy (non-hydrogen) atoms. The fraction of sp³-hybridized carbons (Fsp3) is 0.480. The van der Waals surface area contributed by atoms with Gasteiger partial charge >= 0.3 is 0 Å². The summed E-state index contributed by atoms with van der Waals surface area (Å²) >= 11 is 0. The zero-order chi connectivity index (χ0) is 20.6. The summed E-state index contributed by atoms with van der Waals surface area (Å²) < 4.78 is 5.40. The maximum Gasteiger partial charge on any atom is 0.251 e. The number of rotatable bonds is 7. The fourth-order valence-electron chi connectivity index (χ4n) is 4.30. The number of nitrogens with one attached hydrogen (secondary N) is 1. The van der Waals surface area contributed by atoms with Gasteiger partial charge in [-0.1, -0.05) is 42.8 Å². The average molecular weight is 408 g/mol. The molecular weight excluding hydrogens is 374 g/mol. The fourth-order valence-corrected chi connectivity index (χ4v) is 4.30. The van der Waals surface area contributed by atoms with Gasteiger partial charge in [-0.2, -0.15) is 0 Å². The second kappa shape index (κ2) is 10.7. The summed E-state index contributed by atoms with van der Waals surface area (Å²) in [7, 11) is 0. The van der Waals surface area contributed by atoms with Gasteiger partial charge in [0.1, 0.15) is 0 Å². The first-order chi connectivity index (χ1) is 14.8. The molecule has 2 aromatic carbocycles. The Morgan fingerprint density at radius 1 is 0.800 bits per heavy atom. The van der Waals surface area contributed by atoms with Crippen molar-refractivity contribution in [1.82, 2.24) is 15.1 Å². The average Bonchev–Trinajstić information content (AvgIpc) is 2.80. The van der Waals surface area contributed by atoms with Crippen molar-refractivity contribution in [2.45, 2.75) is 38.9 Å². The standard InChI is InChI=1S/C25H33N3O2/c29-25(22-10-8-21(9-11-22)19-28-14-16-30-17-15-28)26-18-23-6-2-3-7-24(23)20-27-12-4-1-5-13-27/h2-3,6-11H,1,4-5,12-20H2,(H,26,29). The van der Waals surface area contributed by atoms with Crippen LogP contribution < -0.4 is 5.32 Å². The lowest BCUT2D eigenvalue weighted by Crippen LogP contribution is -2.35. The number of amides is 1. The molecule has 0 unspecified atom stereocenters. The molecule has 0 atom stereocenters. The quantitative estimate of drug-likeness (QED) is 0.764. The van der Waals surface area contributed by atoms with Crippen molar-refractivity contribution in [3.05, 3.63) is 70.8 Å². The number of morpholine rings is 1. The third-order valence-corrected chi connectivity index (χ3v) is 6.13. The molecule has 0 saturated carbocycles. The molecule has 5 nitrogen and oxygen atoms in total. The predicted octanol–water partition coefficient (Wildman–Crippen LogP) is 3.43. The number of piperidine rings is 1. The smallest absolute Gasteiger partial charge is 0.251 e. The van der Waals surface area contributed by atoms with Gasteiger partial charge in [-0.25, -0.2) is 0 Å². The highest BCUT2D eigenvalue weighted by atomic mass is 16.5. The number of nitrogens with zero attached hydrogens (tertiary/aromatic N) is 2. The molecule has 2 heterocycles. The minimum Gasteiger partial charge on any atom is -0.379 e. The number of ether oxygens (including phenoxy) is 1. The Hall–Kier alpha value is -2.21. The third kappa shape index (κ3) is 5.91. The minimum atomic E-state index is -0.0132. The van der Waals surface area contributed by atoms with Crippen LogP contribution in [0.25, 0.3) is 0 Å². The van der Waals surface area contributed by atoms with Gasteiger partial charge in [-0.15, -0.1) is 0 Å². The molecule has 4 rings (SSSR count). The Labute approximate surface area is 180 Å². The van der Waals surface area contributed by atoms with Crippen LogP contribution in [0, 0.1) is 0 Å². The lowest BCUT2D eigenvalue weighted by atomic mass is 10.0. The van der Waals surface area contributed by atoms with E-state index in [2.05, 4.69) is 51.5 Å². The van der Waals surface area contributed by atoms with E-state index in [9.17, 15) is 4.79 Å². The Kier molecular flexibility index (Phi) is 7.51. The summed E-state index contributed by atoms with van der Waals surface area (Å²) in [4.78, 5) is 17.6. The second-order valence-corrected chi connectivity index (χ2v) is 8.37. The summed E-state index contributed by atoms with van der Waals surface area (Å²) in [5.41, 5.74) is 4.48. The van der Waals surface area contributed by atoms with E-state index < -0.39 is 0 Å². The first-order valence-corrected chi connectivity index (χ1v) is 11.2. The SMILES string of the molecule is O=C(NCc1ccccc1CN1CCCCC1)c1ccc(CN2CCOCC2)cc1. The molecule has 0 bridgehead atoms. The van der Waals surface area contributed by atoms with Crippen LogP contribution in [-0.4, -0.2) is 55.1 Å². The highest BCUT2D eigenvalue weighted by Gasteiger charge is 2.14. The van der Waals surface area contributed by atoms with Crippen LogP contribution in [0.5, 0.6) is 0 Å². The molecule has 160 valence electrons. The molecule has 5 heteroatoms. The maximum absolute atomic E-state index is 12.7. The molecule has 0 spiro atoms. The van der Waals surface area contributed by atoms with E-state index in [1.807, 2.05) is 12.1 Å². The molecule has 2 aliphatic rings. The molecule has 0 aliphatic carbocycles. The number of hydrogen-bond acceptors (Lipinski definition) is 4. The van der Waals surface area contributed by atoms with Gasteiger partial charge in [-0.3, -0.25) is 14.6 Å². The highest BCUT2D eigenvalue weighted by Crippen LogP contribution is 2.16. The zero-order valence-corrected chi connectivity index (χ0v) is 17.8. The lowest BCUT2D eigenvalue weighted by Gasteiger charge is -2.27. The first-order valence-electron chi connectivity index (χ1n) is 11.2. The van der Waals surface area contributed by atoms with Crippen molar-refractivity contribution < 1.29 is 9.53 Å². The zero-order valence-electron chi connectivity index (χ0n) is 17.8. The molecule has 0 aromatic heterocycles. The van der Waals surface area contributed by atoms with Crippen LogP contribution >= 0.6 is 0 Å². The van der Waals surface area contributed by atoms with E-state index in [0.717, 1.165) is 39.4 Å². The van der Waals surface area contributed by atoms with Crippen molar-refractivity contribution in [2.75, 3.05) is 39.4 Å². The van der Waals surface area contributed by atoms with Crippen molar-refractivity contribution >= 4 is 5.91 Å². The van der Waals surface area contributed by atoms with Gasteiger partial charge in [0, 0.05) is 38.3 Å². The largest absolute Gasteiger partial charge is 0.379 e. The summed E-state index contributed by atoms with van der Waals surface area (Å²) in [5, 5.41) is 3.11. The lowest BCUT2D eigenvalue weighted by molar-refractivity contribution is 0.0342. The van der Waals surface area contributed by atoms with E-state index in [-0.39, 0.29) is 5.91 Å². The Balaban J connectivity index is 1.31. The molecule has 2 aliphatic heterocycles. The summed E-state index contributed by atoms with van der Waals surface area (Å²) in [5.74, 6) is -0.0132. The van der Waals surface area contributed by atoms with E-state index in [1.54, 1.807) is 0 Å². The van der Waals surface area contributed by atoms with Crippen molar-refractivity contribution in [3.8, 4) is 0 Å².